The molecule has 0 bridgehead atoms. The lowest BCUT2D eigenvalue weighted by atomic mass is 9.71. The summed E-state index contributed by atoms with van der Waals surface area (Å²) >= 11 is 0. The fraction of sp³-hybridized carbons (Fsp3) is 0.931. The van der Waals surface area contributed by atoms with E-state index in [1.54, 1.807) is 0 Å². The van der Waals surface area contributed by atoms with Crippen molar-refractivity contribution < 1.29 is 29.6 Å². The third-order valence-corrected chi connectivity index (χ3v) is 7.65. The Hall–Kier alpha value is -1.14. The van der Waals surface area contributed by atoms with Crippen molar-refractivity contribution in [2.75, 3.05) is 0 Å². The molecule has 0 heterocycles. The maximum absolute atomic E-state index is 12.9. The van der Waals surface area contributed by atoms with E-state index < -0.39 is 29.7 Å². The molecular formula is C29H56O6. The first-order valence-electron chi connectivity index (χ1n) is 14.5. The molecule has 3 N–H and O–H groups in total. The number of aliphatic carboxylic acids is 1. The predicted octanol–water partition coefficient (Wildman–Crippen LogP) is 7.04. The number of esters is 1. The molecule has 0 aromatic heterocycles. The predicted molar refractivity (Wildman–Crippen MR) is 142 cm³/mol. The number of rotatable bonds is 23. The van der Waals surface area contributed by atoms with E-state index in [0.717, 1.165) is 70.6 Å². The van der Waals surface area contributed by atoms with Gasteiger partial charge in [0.15, 0.2) is 12.2 Å². The Kier molecular flexibility index (Phi) is 19.3. The summed E-state index contributed by atoms with van der Waals surface area (Å²) < 4.78 is 6.10. The maximum Gasteiger partial charge on any atom is 0.338 e. The van der Waals surface area contributed by atoms with Crippen LogP contribution >= 0.6 is 0 Å². The summed E-state index contributed by atoms with van der Waals surface area (Å²) in [5.41, 5.74) is -0.778. The highest BCUT2D eigenvalue weighted by Crippen LogP contribution is 2.41. The third-order valence-electron chi connectivity index (χ3n) is 7.65. The van der Waals surface area contributed by atoms with E-state index >= 15 is 0 Å². The van der Waals surface area contributed by atoms with Crippen LogP contribution in [0.4, 0.5) is 0 Å². The number of hydrogen-bond acceptors (Lipinski definition) is 5. The third kappa shape index (κ3) is 13.1. The van der Waals surface area contributed by atoms with Gasteiger partial charge < -0.3 is 20.1 Å². The van der Waals surface area contributed by atoms with E-state index in [-0.39, 0.29) is 11.8 Å². The number of aliphatic hydroxyl groups excluding tert-OH is 2. The number of unbranched alkanes of at least 4 members (excludes halogenated alkanes) is 11. The summed E-state index contributed by atoms with van der Waals surface area (Å²) in [5.74, 6) is -2.50. The van der Waals surface area contributed by atoms with Crippen molar-refractivity contribution in [3.05, 3.63) is 0 Å². The minimum atomic E-state index is -2.19. The van der Waals surface area contributed by atoms with Gasteiger partial charge in [-0.25, -0.2) is 9.59 Å². The molecule has 6 nitrogen and oxygen atoms in total. The molecule has 208 valence electrons. The molecule has 0 amide bonds. The molecule has 4 atom stereocenters. The number of ether oxygens (including phenoxy) is 1. The van der Waals surface area contributed by atoms with Crippen LogP contribution in [0, 0.1) is 11.8 Å². The second kappa shape index (κ2) is 20.0. The van der Waals surface area contributed by atoms with Gasteiger partial charge in [0.25, 0.3) is 0 Å². The number of carboxylic acids is 1. The van der Waals surface area contributed by atoms with Gasteiger partial charge >= 0.3 is 11.9 Å². The average molecular weight is 501 g/mol. The summed E-state index contributed by atoms with van der Waals surface area (Å²) in [5, 5.41) is 29.1. The van der Waals surface area contributed by atoms with Gasteiger partial charge in [-0.2, -0.15) is 0 Å². The molecule has 0 aliphatic carbocycles. The van der Waals surface area contributed by atoms with Crippen LogP contribution in [-0.2, 0) is 14.3 Å². The lowest BCUT2D eigenvalue weighted by Crippen LogP contribution is -2.51. The zero-order valence-electron chi connectivity index (χ0n) is 23.4. The summed E-state index contributed by atoms with van der Waals surface area (Å²) in [7, 11) is 0. The maximum atomic E-state index is 12.9. The topological polar surface area (TPSA) is 104 Å². The van der Waals surface area contributed by atoms with Crippen LogP contribution < -0.4 is 0 Å². The van der Waals surface area contributed by atoms with Crippen molar-refractivity contribution in [2.24, 2.45) is 11.8 Å². The second-order valence-corrected chi connectivity index (χ2v) is 10.6. The SMILES string of the molecule is CCCCCCCCCCC(OC(=O)C(O)C(O)C(=O)O)(C(C)CCCCC)C(C)CCCCC. The zero-order chi connectivity index (χ0) is 26.7. The van der Waals surface area contributed by atoms with Gasteiger partial charge in [0, 0.05) is 0 Å². The van der Waals surface area contributed by atoms with E-state index in [2.05, 4.69) is 34.6 Å². The number of hydrogen-bond donors (Lipinski definition) is 3. The van der Waals surface area contributed by atoms with Crippen molar-refractivity contribution in [3.8, 4) is 0 Å². The summed E-state index contributed by atoms with van der Waals surface area (Å²) in [6.45, 7) is 10.8. The van der Waals surface area contributed by atoms with Crippen molar-refractivity contribution in [2.45, 2.75) is 162 Å². The van der Waals surface area contributed by atoms with Gasteiger partial charge in [0.2, 0.25) is 0 Å². The van der Waals surface area contributed by atoms with Crippen molar-refractivity contribution >= 4 is 11.9 Å². The minimum absolute atomic E-state index is 0.0772. The van der Waals surface area contributed by atoms with E-state index in [4.69, 9.17) is 9.84 Å². The molecule has 0 fully saturated rings. The molecule has 6 heteroatoms. The molecule has 0 rings (SSSR count). The zero-order valence-corrected chi connectivity index (χ0v) is 23.4. The van der Waals surface area contributed by atoms with Gasteiger partial charge in [0.1, 0.15) is 5.60 Å². The van der Waals surface area contributed by atoms with E-state index in [9.17, 15) is 19.8 Å². The molecule has 0 aliphatic heterocycles. The largest absolute Gasteiger partial charge is 0.479 e. The highest BCUT2D eigenvalue weighted by atomic mass is 16.6. The normalized spacial score (nSPS) is 16.8. The Morgan fingerprint density at radius 2 is 1.06 bits per heavy atom. The van der Waals surface area contributed by atoms with Crippen molar-refractivity contribution in [1.29, 1.82) is 0 Å². The second-order valence-electron chi connectivity index (χ2n) is 10.6. The number of aliphatic hydroxyl groups is 2. The van der Waals surface area contributed by atoms with E-state index in [1.165, 1.54) is 32.1 Å². The number of carbonyl (C=O) groups is 2. The lowest BCUT2D eigenvalue weighted by molar-refractivity contribution is -0.194. The molecule has 0 saturated heterocycles. The van der Waals surface area contributed by atoms with Crippen LogP contribution in [0.3, 0.4) is 0 Å². The Balaban J connectivity index is 5.62. The lowest BCUT2D eigenvalue weighted by Gasteiger charge is -2.44. The summed E-state index contributed by atoms with van der Waals surface area (Å²) in [4.78, 5) is 24.1. The molecule has 0 aromatic rings. The monoisotopic (exact) mass is 500 g/mol. The highest BCUT2D eigenvalue weighted by Gasteiger charge is 2.46. The summed E-state index contributed by atoms with van der Waals surface area (Å²) in [6.07, 6.45) is 14.2. The van der Waals surface area contributed by atoms with Gasteiger partial charge in [-0.15, -0.1) is 0 Å². The molecule has 4 unspecified atom stereocenters. The standard InChI is InChI=1S/C29H56O6/c1-6-9-12-13-14-15-16-19-22-29(23(4)20-17-10-7-2,24(5)21-18-11-8-3)35-28(34)26(31)25(30)27(32)33/h23-26,30-31H,6-22H2,1-5H3,(H,32,33). The first-order valence-corrected chi connectivity index (χ1v) is 14.5. The van der Waals surface area contributed by atoms with E-state index in [0.29, 0.717) is 6.42 Å². The van der Waals surface area contributed by atoms with Gasteiger partial charge in [-0.05, 0) is 37.5 Å². The Labute approximate surface area is 215 Å². The van der Waals surface area contributed by atoms with E-state index in [1.807, 2.05) is 0 Å². The average Bonchev–Trinajstić information content (AvgIpc) is 2.83. The van der Waals surface area contributed by atoms with Crippen LogP contribution in [0.1, 0.15) is 144 Å². The molecule has 35 heavy (non-hydrogen) atoms. The van der Waals surface area contributed by atoms with Crippen LogP contribution in [0.5, 0.6) is 0 Å². The summed E-state index contributed by atoms with van der Waals surface area (Å²) in [6, 6.07) is 0. The Morgan fingerprint density at radius 3 is 1.49 bits per heavy atom. The van der Waals surface area contributed by atoms with Crippen LogP contribution in [0.2, 0.25) is 0 Å². The Morgan fingerprint density at radius 1 is 0.657 bits per heavy atom. The fourth-order valence-corrected chi connectivity index (χ4v) is 5.17. The highest BCUT2D eigenvalue weighted by molar-refractivity contribution is 5.84. The van der Waals surface area contributed by atoms with Crippen LogP contribution in [0.15, 0.2) is 0 Å². The molecule has 0 saturated carbocycles. The first kappa shape index (κ1) is 33.9. The van der Waals surface area contributed by atoms with Crippen molar-refractivity contribution in [3.63, 3.8) is 0 Å². The minimum Gasteiger partial charge on any atom is -0.479 e. The molecular weight excluding hydrogens is 444 g/mol. The van der Waals surface area contributed by atoms with Crippen LogP contribution in [0.25, 0.3) is 0 Å². The van der Waals surface area contributed by atoms with Gasteiger partial charge in [-0.3, -0.25) is 0 Å². The number of carboxylic acid groups (broad SMARTS) is 1. The molecule has 0 aromatic carbocycles. The fourth-order valence-electron chi connectivity index (χ4n) is 5.17. The Bertz CT molecular complexity index is 533. The van der Waals surface area contributed by atoms with Crippen LogP contribution in [-0.4, -0.2) is 45.1 Å². The van der Waals surface area contributed by atoms with Crippen molar-refractivity contribution in [1.82, 2.24) is 0 Å². The smallest absolute Gasteiger partial charge is 0.338 e. The quantitative estimate of drug-likeness (QED) is 0.103. The molecule has 0 spiro atoms. The molecule has 0 radical (unpaired) electrons. The molecule has 0 aliphatic rings. The first-order chi connectivity index (χ1) is 16.7. The number of carbonyl (C=O) groups excluding carboxylic acids is 1. The van der Waals surface area contributed by atoms with Gasteiger partial charge in [-0.1, -0.05) is 118 Å². The van der Waals surface area contributed by atoms with Gasteiger partial charge in [0.05, 0.1) is 0 Å².